The lowest BCUT2D eigenvalue weighted by Gasteiger charge is -2.16. The highest BCUT2D eigenvalue weighted by Crippen LogP contribution is 1.97. The van der Waals surface area contributed by atoms with Gasteiger partial charge in [0.2, 0.25) is 11.8 Å². The Labute approximate surface area is 114 Å². The lowest BCUT2D eigenvalue weighted by atomic mass is 10.1. The van der Waals surface area contributed by atoms with Crippen molar-refractivity contribution < 1.29 is 18.0 Å². The Morgan fingerprint density at radius 2 is 1.74 bits per heavy atom. The van der Waals surface area contributed by atoms with Crippen LogP contribution in [0.1, 0.15) is 20.8 Å². The molecule has 1 unspecified atom stereocenters. The molecule has 0 saturated heterocycles. The molecule has 0 aliphatic carbocycles. The summed E-state index contributed by atoms with van der Waals surface area (Å²) in [5, 5.41) is 4.89. The normalized spacial score (nSPS) is 14.8. The van der Waals surface area contributed by atoms with Gasteiger partial charge in [0.1, 0.15) is 9.84 Å². The maximum atomic E-state index is 11.5. The number of sulfone groups is 1. The first-order valence-electron chi connectivity index (χ1n) is 6.03. The van der Waals surface area contributed by atoms with Gasteiger partial charge in [-0.25, -0.2) is 8.42 Å². The quantitative estimate of drug-likeness (QED) is 0.535. The second kappa shape index (κ2) is 7.44. The van der Waals surface area contributed by atoms with Crippen LogP contribution in [-0.2, 0) is 19.4 Å². The third-order valence-electron chi connectivity index (χ3n) is 2.40. The fourth-order valence-electron chi connectivity index (χ4n) is 1.41. The van der Waals surface area contributed by atoms with E-state index in [0.29, 0.717) is 0 Å². The summed E-state index contributed by atoms with van der Waals surface area (Å²) in [6.45, 7) is 4.98. The lowest BCUT2D eigenvalue weighted by molar-refractivity contribution is -0.127. The molecule has 0 fully saturated rings. The molecule has 0 heterocycles. The summed E-state index contributed by atoms with van der Waals surface area (Å²) in [6.07, 6.45) is 1.10. The van der Waals surface area contributed by atoms with Gasteiger partial charge < -0.3 is 16.4 Å². The molecule has 0 aliphatic rings. The molecule has 0 aromatic rings. The van der Waals surface area contributed by atoms with Crippen LogP contribution < -0.4 is 16.4 Å². The van der Waals surface area contributed by atoms with Crippen LogP contribution in [0, 0.1) is 5.92 Å². The van der Waals surface area contributed by atoms with Crippen LogP contribution in [0.2, 0.25) is 0 Å². The molecule has 0 saturated carbocycles. The minimum atomic E-state index is -3.15. The highest BCUT2D eigenvalue weighted by Gasteiger charge is 2.18. The predicted molar refractivity (Wildman–Crippen MR) is 73.1 cm³/mol. The SMILES string of the molecule is CC(CS(C)(=O)=O)NC(=O)CNC(=O)[C@@H](N)C(C)C. The zero-order valence-electron chi connectivity index (χ0n) is 11.8. The van der Waals surface area contributed by atoms with Crippen molar-refractivity contribution in [1.29, 1.82) is 0 Å². The van der Waals surface area contributed by atoms with Gasteiger partial charge in [0.05, 0.1) is 18.3 Å². The van der Waals surface area contributed by atoms with Crippen molar-refractivity contribution in [3.05, 3.63) is 0 Å². The molecule has 0 aromatic heterocycles. The molecule has 0 rings (SSSR count). The van der Waals surface area contributed by atoms with E-state index in [2.05, 4.69) is 10.6 Å². The largest absolute Gasteiger partial charge is 0.351 e. The minimum Gasteiger partial charge on any atom is -0.351 e. The van der Waals surface area contributed by atoms with Gasteiger partial charge in [-0.05, 0) is 12.8 Å². The van der Waals surface area contributed by atoms with E-state index in [1.54, 1.807) is 20.8 Å². The van der Waals surface area contributed by atoms with Gasteiger partial charge in [-0.2, -0.15) is 0 Å². The molecule has 8 heteroatoms. The Morgan fingerprint density at radius 1 is 1.21 bits per heavy atom. The van der Waals surface area contributed by atoms with Gasteiger partial charge in [-0.1, -0.05) is 13.8 Å². The van der Waals surface area contributed by atoms with Crippen molar-refractivity contribution in [2.75, 3.05) is 18.6 Å². The van der Waals surface area contributed by atoms with Gasteiger partial charge in [-0.3, -0.25) is 9.59 Å². The van der Waals surface area contributed by atoms with Gasteiger partial charge in [0.25, 0.3) is 0 Å². The number of amides is 2. The summed E-state index contributed by atoms with van der Waals surface area (Å²) in [4.78, 5) is 23.0. The highest BCUT2D eigenvalue weighted by molar-refractivity contribution is 7.90. The van der Waals surface area contributed by atoms with E-state index in [4.69, 9.17) is 5.73 Å². The average molecular weight is 293 g/mol. The van der Waals surface area contributed by atoms with Crippen LogP contribution in [0.3, 0.4) is 0 Å². The van der Waals surface area contributed by atoms with Crippen LogP contribution in [0.4, 0.5) is 0 Å². The first-order valence-corrected chi connectivity index (χ1v) is 8.09. The molecule has 0 aliphatic heterocycles. The highest BCUT2D eigenvalue weighted by atomic mass is 32.2. The first-order chi connectivity index (χ1) is 8.53. The fraction of sp³-hybridized carbons (Fsp3) is 0.818. The van der Waals surface area contributed by atoms with E-state index in [1.807, 2.05) is 0 Å². The van der Waals surface area contributed by atoms with E-state index in [1.165, 1.54) is 0 Å². The maximum Gasteiger partial charge on any atom is 0.239 e. The predicted octanol–water partition coefficient (Wildman–Crippen LogP) is -1.36. The number of nitrogens with two attached hydrogens (primary N) is 1. The Balaban J connectivity index is 4.10. The van der Waals surface area contributed by atoms with Gasteiger partial charge in [0, 0.05) is 12.3 Å². The zero-order valence-corrected chi connectivity index (χ0v) is 12.6. The van der Waals surface area contributed by atoms with Crippen LogP contribution in [0.15, 0.2) is 0 Å². The zero-order chi connectivity index (χ0) is 15.2. The average Bonchev–Trinajstić information content (AvgIpc) is 2.21. The number of rotatable bonds is 7. The summed E-state index contributed by atoms with van der Waals surface area (Å²) in [5.74, 6) is -1.01. The molecule has 2 amide bonds. The second-order valence-corrected chi connectivity index (χ2v) is 7.23. The number of hydrogen-bond donors (Lipinski definition) is 3. The number of carbonyl (C=O) groups excluding carboxylic acids is 2. The summed E-state index contributed by atoms with van der Waals surface area (Å²) < 4.78 is 22.0. The molecule has 19 heavy (non-hydrogen) atoms. The van der Waals surface area contributed by atoms with E-state index in [9.17, 15) is 18.0 Å². The van der Waals surface area contributed by atoms with E-state index >= 15 is 0 Å². The fourth-order valence-corrected chi connectivity index (χ4v) is 2.40. The van der Waals surface area contributed by atoms with Gasteiger partial charge >= 0.3 is 0 Å². The number of hydrogen-bond acceptors (Lipinski definition) is 5. The summed E-state index contributed by atoms with van der Waals surface area (Å²) in [5.41, 5.74) is 5.61. The minimum absolute atomic E-state index is 0.0211. The van der Waals surface area contributed by atoms with Crippen molar-refractivity contribution in [2.24, 2.45) is 11.7 Å². The molecular formula is C11H23N3O4S. The van der Waals surface area contributed by atoms with Crippen LogP contribution in [0.25, 0.3) is 0 Å². The summed E-state index contributed by atoms with van der Waals surface area (Å²) in [6, 6.07) is -1.17. The molecule has 112 valence electrons. The van der Waals surface area contributed by atoms with E-state index in [0.717, 1.165) is 6.26 Å². The molecule has 0 aromatic carbocycles. The molecule has 0 bridgehead atoms. The lowest BCUT2D eigenvalue weighted by Crippen LogP contribution is -2.48. The van der Waals surface area contributed by atoms with Crippen LogP contribution in [0.5, 0.6) is 0 Å². The van der Waals surface area contributed by atoms with Crippen LogP contribution in [-0.4, -0.2) is 50.9 Å². The Morgan fingerprint density at radius 3 is 2.16 bits per heavy atom. The third-order valence-corrected chi connectivity index (χ3v) is 3.51. The van der Waals surface area contributed by atoms with E-state index in [-0.39, 0.29) is 18.2 Å². The first kappa shape index (κ1) is 17.8. The smallest absolute Gasteiger partial charge is 0.239 e. The standard InChI is InChI=1S/C11H23N3O4S/c1-7(2)10(12)11(16)13-5-9(15)14-8(3)6-19(4,17)18/h7-8,10H,5-6,12H2,1-4H3,(H,13,16)(H,14,15)/t8?,10-/m0/s1. The van der Waals surface area contributed by atoms with Crippen molar-refractivity contribution in [1.82, 2.24) is 10.6 Å². The molecule has 0 radical (unpaired) electrons. The second-order valence-electron chi connectivity index (χ2n) is 5.05. The molecule has 2 atom stereocenters. The van der Waals surface area contributed by atoms with Crippen molar-refractivity contribution in [3.8, 4) is 0 Å². The monoisotopic (exact) mass is 293 g/mol. The van der Waals surface area contributed by atoms with E-state index < -0.39 is 33.7 Å². The maximum absolute atomic E-state index is 11.5. The number of carbonyl (C=O) groups is 2. The topological polar surface area (TPSA) is 118 Å². The Bertz CT molecular complexity index is 420. The van der Waals surface area contributed by atoms with Gasteiger partial charge in [0.15, 0.2) is 0 Å². The summed E-state index contributed by atoms with van der Waals surface area (Å²) in [7, 11) is -3.15. The third kappa shape index (κ3) is 8.55. The van der Waals surface area contributed by atoms with Crippen LogP contribution >= 0.6 is 0 Å². The molecule has 4 N–H and O–H groups in total. The molecule has 7 nitrogen and oxygen atoms in total. The van der Waals surface area contributed by atoms with Crippen molar-refractivity contribution in [3.63, 3.8) is 0 Å². The number of nitrogens with one attached hydrogen (secondary N) is 2. The van der Waals surface area contributed by atoms with Crippen molar-refractivity contribution in [2.45, 2.75) is 32.9 Å². The van der Waals surface area contributed by atoms with Crippen molar-refractivity contribution >= 4 is 21.7 Å². The molecular weight excluding hydrogens is 270 g/mol. The molecule has 0 spiro atoms. The van der Waals surface area contributed by atoms with Gasteiger partial charge in [-0.15, -0.1) is 0 Å². The summed E-state index contributed by atoms with van der Waals surface area (Å²) >= 11 is 0. The Kier molecular flexibility index (Phi) is 6.99. The Hall–Kier alpha value is -1.15.